The molecular weight excluding hydrogens is 224 g/mol. The van der Waals surface area contributed by atoms with Gasteiger partial charge in [-0.15, -0.1) is 0 Å². The molecule has 1 atom stereocenters. The van der Waals surface area contributed by atoms with E-state index in [0.29, 0.717) is 6.04 Å². The van der Waals surface area contributed by atoms with E-state index in [0.717, 1.165) is 25.4 Å². The quantitative estimate of drug-likeness (QED) is 0.770. The molecule has 1 aromatic heterocycles. The van der Waals surface area contributed by atoms with Crippen molar-refractivity contribution in [2.45, 2.75) is 46.7 Å². The van der Waals surface area contributed by atoms with Gasteiger partial charge in [-0.25, -0.2) is 0 Å². The molecule has 1 aromatic rings. The predicted octanol–water partition coefficient (Wildman–Crippen LogP) is 3.13. The van der Waals surface area contributed by atoms with E-state index >= 15 is 0 Å². The van der Waals surface area contributed by atoms with E-state index in [2.05, 4.69) is 45.0 Å². The highest BCUT2D eigenvalue weighted by molar-refractivity contribution is 4.98. The first-order chi connectivity index (χ1) is 8.45. The zero-order valence-electron chi connectivity index (χ0n) is 12.5. The topological polar surface area (TPSA) is 28.4 Å². The first-order valence-corrected chi connectivity index (χ1v) is 6.90. The fraction of sp³-hybridized carbons (Fsp3) is 0.733. The highest BCUT2D eigenvalue weighted by Crippen LogP contribution is 2.22. The van der Waals surface area contributed by atoms with Crippen LogP contribution in [-0.2, 0) is 6.54 Å². The van der Waals surface area contributed by atoms with Crippen molar-refractivity contribution in [3.8, 4) is 0 Å². The maximum absolute atomic E-state index is 5.39. The van der Waals surface area contributed by atoms with Crippen LogP contribution in [0.5, 0.6) is 0 Å². The van der Waals surface area contributed by atoms with Crippen molar-refractivity contribution in [3.63, 3.8) is 0 Å². The molecule has 104 valence electrons. The first-order valence-electron chi connectivity index (χ1n) is 6.90. The van der Waals surface area contributed by atoms with Crippen LogP contribution >= 0.6 is 0 Å². The summed E-state index contributed by atoms with van der Waals surface area (Å²) in [6, 6.07) is 4.48. The normalized spacial score (nSPS) is 14.1. The zero-order valence-corrected chi connectivity index (χ0v) is 12.5. The molecule has 0 aliphatic heterocycles. The van der Waals surface area contributed by atoms with E-state index < -0.39 is 0 Å². The molecule has 1 unspecified atom stereocenters. The van der Waals surface area contributed by atoms with Gasteiger partial charge >= 0.3 is 0 Å². The summed E-state index contributed by atoms with van der Waals surface area (Å²) in [7, 11) is 2.15. The molecule has 0 saturated carbocycles. The van der Waals surface area contributed by atoms with Crippen LogP contribution < -0.4 is 5.32 Å². The summed E-state index contributed by atoms with van der Waals surface area (Å²) in [4.78, 5) is 2.32. The second kappa shape index (κ2) is 6.95. The van der Waals surface area contributed by atoms with Gasteiger partial charge in [0, 0.05) is 12.6 Å². The van der Waals surface area contributed by atoms with Gasteiger partial charge in [-0.05, 0) is 44.5 Å². The van der Waals surface area contributed by atoms with Crippen LogP contribution in [0.1, 0.15) is 39.9 Å². The molecule has 0 spiro atoms. The minimum absolute atomic E-state index is 0.247. The molecule has 0 amide bonds. The number of furan rings is 1. The van der Waals surface area contributed by atoms with E-state index in [1.165, 1.54) is 6.42 Å². The highest BCUT2D eigenvalue weighted by Gasteiger charge is 2.26. The Labute approximate surface area is 112 Å². The molecule has 18 heavy (non-hydrogen) atoms. The fourth-order valence-corrected chi connectivity index (χ4v) is 2.19. The lowest BCUT2D eigenvalue weighted by Gasteiger charge is -2.36. The van der Waals surface area contributed by atoms with Gasteiger partial charge in [-0.1, -0.05) is 20.8 Å². The monoisotopic (exact) mass is 252 g/mol. The summed E-state index contributed by atoms with van der Waals surface area (Å²) in [5.74, 6) is 1.03. The Morgan fingerprint density at radius 1 is 1.44 bits per heavy atom. The standard InChI is InChI=1S/C15H28N2O/c1-6-9-16-13(2)15(3,4)12-17(5)11-14-8-7-10-18-14/h7-8,10,13,16H,6,9,11-12H2,1-5H3. The van der Waals surface area contributed by atoms with Crippen LogP contribution in [0, 0.1) is 5.41 Å². The van der Waals surface area contributed by atoms with Crippen molar-refractivity contribution in [2.24, 2.45) is 5.41 Å². The van der Waals surface area contributed by atoms with Gasteiger partial charge in [0.15, 0.2) is 0 Å². The van der Waals surface area contributed by atoms with Gasteiger partial charge in [-0.3, -0.25) is 4.90 Å². The Bertz CT molecular complexity index is 319. The molecule has 1 N–H and O–H groups in total. The van der Waals surface area contributed by atoms with Gasteiger partial charge in [0.1, 0.15) is 5.76 Å². The van der Waals surface area contributed by atoms with Crippen LogP contribution in [0.2, 0.25) is 0 Å². The van der Waals surface area contributed by atoms with E-state index in [1.54, 1.807) is 6.26 Å². The second-order valence-corrected chi connectivity index (χ2v) is 5.92. The Kier molecular flexibility index (Phi) is 5.89. The van der Waals surface area contributed by atoms with Crippen LogP contribution in [0.25, 0.3) is 0 Å². The predicted molar refractivity (Wildman–Crippen MR) is 76.6 cm³/mol. The molecule has 1 rings (SSSR count). The highest BCUT2D eigenvalue weighted by atomic mass is 16.3. The van der Waals surface area contributed by atoms with Gasteiger partial charge in [0.2, 0.25) is 0 Å². The molecule has 3 heteroatoms. The number of nitrogens with zero attached hydrogens (tertiary/aromatic N) is 1. The minimum Gasteiger partial charge on any atom is -0.468 e. The molecule has 0 aromatic carbocycles. The van der Waals surface area contributed by atoms with Gasteiger partial charge < -0.3 is 9.73 Å². The molecule has 1 heterocycles. The second-order valence-electron chi connectivity index (χ2n) is 5.92. The Morgan fingerprint density at radius 3 is 2.72 bits per heavy atom. The Hall–Kier alpha value is -0.800. The number of hydrogen-bond donors (Lipinski definition) is 1. The third-order valence-corrected chi connectivity index (χ3v) is 3.56. The van der Waals surface area contributed by atoms with Crippen LogP contribution in [0.3, 0.4) is 0 Å². The summed E-state index contributed by atoms with van der Waals surface area (Å²) >= 11 is 0. The largest absolute Gasteiger partial charge is 0.468 e. The third-order valence-electron chi connectivity index (χ3n) is 3.56. The molecule has 0 bridgehead atoms. The van der Waals surface area contributed by atoms with Crippen molar-refractivity contribution < 1.29 is 4.42 Å². The maximum Gasteiger partial charge on any atom is 0.117 e. The molecule has 0 fully saturated rings. The average molecular weight is 252 g/mol. The Morgan fingerprint density at radius 2 is 2.17 bits per heavy atom. The van der Waals surface area contributed by atoms with E-state index in [-0.39, 0.29) is 5.41 Å². The molecule has 0 radical (unpaired) electrons. The van der Waals surface area contributed by atoms with Gasteiger partial charge in [0.05, 0.1) is 12.8 Å². The van der Waals surface area contributed by atoms with Gasteiger partial charge in [0.25, 0.3) is 0 Å². The van der Waals surface area contributed by atoms with E-state index in [1.807, 2.05) is 12.1 Å². The van der Waals surface area contributed by atoms with E-state index in [4.69, 9.17) is 4.42 Å². The van der Waals surface area contributed by atoms with Gasteiger partial charge in [-0.2, -0.15) is 0 Å². The van der Waals surface area contributed by atoms with Crippen LogP contribution in [0.15, 0.2) is 22.8 Å². The lowest BCUT2D eigenvalue weighted by molar-refractivity contribution is 0.153. The van der Waals surface area contributed by atoms with Crippen molar-refractivity contribution in [2.75, 3.05) is 20.1 Å². The summed E-state index contributed by atoms with van der Waals surface area (Å²) in [5.41, 5.74) is 0.247. The SMILES string of the molecule is CCCNC(C)C(C)(C)CN(C)Cc1ccco1. The zero-order chi connectivity index (χ0) is 13.6. The summed E-state index contributed by atoms with van der Waals surface area (Å²) < 4.78 is 5.39. The summed E-state index contributed by atoms with van der Waals surface area (Å²) in [5, 5.41) is 3.59. The smallest absolute Gasteiger partial charge is 0.117 e. The number of rotatable bonds is 8. The van der Waals surface area contributed by atoms with Crippen molar-refractivity contribution in [3.05, 3.63) is 24.2 Å². The van der Waals surface area contributed by atoms with E-state index in [9.17, 15) is 0 Å². The molecule has 3 nitrogen and oxygen atoms in total. The number of hydrogen-bond acceptors (Lipinski definition) is 3. The third kappa shape index (κ3) is 4.83. The first kappa shape index (κ1) is 15.3. The molecular formula is C15H28N2O. The number of nitrogens with one attached hydrogen (secondary N) is 1. The molecule has 0 aliphatic carbocycles. The van der Waals surface area contributed by atoms with Crippen LogP contribution in [0.4, 0.5) is 0 Å². The molecule has 0 aliphatic rings. The average Bonchev–Trinajstić information content (AvgIpc) is 2.77. The van der Waals surface area contributed by atoms with Crippen molar-refractivity contribution in [1.29, 1.82) is 0 Å². The Balaban J connectivity index is 2.43. The summed E-state index contributed by atoms with van der Waals surface area (Å²) in [6.07, 6.45) is 2.92. The van der Waals surface area contributed by atoms with Crippen molar-refractivity contribution in [1.82, 2.24) is 10.2 Å². The maximum atomic E-state index is 5.39. The molecule has 0 saturated heterocycles. The van der Waals surface area contributed by atoms with Crippen molar-refractivity contribution >= 4 is 0 Å². The lowest BCUT2D eigenvalue weighted by atomic mass is 9.84. The summed E-state index contributed by atoms with van der Waals surface area (Å²) in [6.45, 7) is 12.1. The lowest BCUT2D eigenvalue weighted by Crippen LogP contribution is -2.46. The fourth-order valence-electron chi connectivity index (χ4n) is 2.19. The van der Waals surface area contributed by atoms with Crippen LogP contribution in [-0.4, -0.2) is 31.1 Å². The minimum atomic E-state index is 0.247.